The summed E-state index contributed by atoms with van der Waals surface area (Å²) in [5.74, 6) is 0.372. The quantitative estimate of drug-likeness (QED) is 0.705. The van der Waals surface area contributed by atoms with E-state index in [0.717, 1.165) is 19.4 Å². The van der Waals surface area contributed by atoms with Gasteiger partial charge in [0.25, 0.3) is 0 Å². The van der Waals surface area contributed by atoms with E-state index in [2.05, 4.69) is 0 Å². The summed E-state index contributed by atoms with van der Waals surface area (Å²) in [4.78, 5) is 0. The van der Waals surface area contributed by atoms with Crippen molar-refractivity contribution in [3.05, 3.63) is 0 Å². The van der Waals surface area contributed by atoms with Gasteiger partial charge >= 0.3 is 0 Å². The molecule has 3 heteroatoms. The lowest BCUT2D eigenvalue weighted by atomic mass is 9.90. The van der Waals surface area contributed by atoms with E-state index in [9.17, 15) is 4.39 Å². The average molecular weight is 175 g/mol. The van der Waals surface area contributed by atoms with Gasteiger partial charge in [0.2, 0.25) is 0 Å². The second-order valence-corrected chi connectivity index (χ2v) is 3.90. The van der Waals surface area contributed by atoms with Gasteiger partial charge in [-0.1, -0.05) is 0 Å². The molecule has 0 aromatic rings. The topological polar surface area (TPSA) is 35.2 Å². The molecule has 0 spiro atoms. The Labute approximate surface area is 73.3 Å². The zero-order valence-corrected chi connectivity index (χ0v) is 7.68. The first-order valence-corrected chi connectivity index (χ1v) is 4.61. The van der Waals surface area contributed by atoms with E-state index in [4.69, 9.17) is 10.5 Å². The summed E-state index contributed by atoms with van der Waals surface area (Å²) in [6.45, 7) is 3.23. The molecule has 2 unspecified atom stereocenters. The minimum absolute atomic E-state index is 0.115. The van der Waals surface area contributed by atoms with Gasteiger partial charge in [-0.2, -0.15) is 0 Å². The third-order valence-electron chi connectivity index (χ3n) is 2.39. The fourth-order valence-corrected chi connectivity index (χ4v) is 1.65. The highest BCUT2D eigenvalue weighted by molar-refractivity contribution is 4.79. The predicted molar refractivity (Wildman–Crippen MR) is 46.7 cm³/mol. The lowest BCUT2D eigenvalue weighted by Gasteiger charge is -2.27. The van der Waals surface area contributed by atoms with Crippen molar-refractivity contribution in [2.45, 2.75) is 31.9 Å². The standard InChI is InChI=1S/C9H18FNO/c1-9(10,7-11)5-8-3-2-4-12-6-8/h8H,2-7,11H2,1H3. The van der Waals surface area contributed by atoms with Gasteiger partial charge < -0.3 is 10.5 Å². The fourth-order valence-electron chi connectivity index (χ4n) is 1.65. The number of halogens is 1. The summed E-state index contributed by atoms with van der Waals surface area (Å²) in [5, 5.41) is 0. The normalized spacial score (nSPS) is 29.8. The van der Waals surface area contributed by atoms with Gasteiger partial charge in [0.05, 0.1) is 0 Å². The zero-order chi connectivity index (χ0) is 9.03. The highest BCUT2D eigenvalue weighted by atomic mass is 19.1. The fraction of sp³-hybridized carbons (Fsp3) is 1.00. The van der Waals surface area contributed by atoms with E-state index in [-0.39, 0.29) is 6.54 Å². The van der Waals surface area contributed by atoms with E-state index in [0.29, 0.717) is 18.9 Å². The Hall–Kier alpha value is -0.150. The Morgan fingerprint density at radius 3 is 2.92 bits per heavy atom. The van der Waals surface area contributed by atoms with Crippen LogP contribution in [0.25, 0.3) is 0 Å². The molecule has 0 radical (unpaired) electrons. The molecule has 1 heterocycles. The molecule has 1 aliphatic rings. The van der Waals surface area contributed by atoms with E-state index in [1.165, 1.54) is 0 Å². The third-order valence-corrected chi connectivity index (χ3v) is 2.39. The van der Waals surface area contributed by atoms with Gasteiger partial charge in [0.15, 0.2) is 0 Å². The Balaban J connectivity index is 2.28. The SMILES string of the molecule is CC(F)(CN)CC1CCCOC1. The number of hydrogen-bond acceptors (Lipinski definition) is 2. The molecule has 12 heavy (non-hydrogen) atoms. The minimum atomic E-state index is -1.20. The molecule has 0 aromatic heterocycles. The molecular weight excluding hydrogens is 157 g/mol. The average Bonchev–Trinajstić information content (AvgIpc) is 2.06. The Morgan fingerprint density at radius 1 is 1.67 bits per heavy atom. The molecule has 0 bridgehead atoms. The summed E-state index contributed by atoms with van der Waals surface area (Å²) in [5.41, 5.74) is 4.10. The van der Waals surface area contributed by atoms with Crippen molar-refractivity contribution in [2.24, 2.45) is 11.7 Å². The monoisotopic (exact) mass is 175 g/mol. The van der Waals surface area contributed by atoms with Crippen LogP contribution in [0.2, 0.25) is 0 Å². The van der Waals surface area contributed by atoms with Crippen LogP contribution in [0.1, 0.15) is 26.2 Å². The largest absolute Gasteiger partial charge is 0.381 e. The van der Waals surface area contributed by atoms with Crippen molar-refractivity contribution in [2.75, 3.05) is 19.8 Å². The summed E-state index contributed by atoms with van der Waals surface area (Å²) in [6, 6.07) is 0. The molecule has 0 amide bonds. The smallest absolute Gasteiger partial charge is 0.120 e. The summed E-state index contributed by atoms with van der Waals surface area (Å²) in [6.07, 6.45) is 2.69. The van der Waals surface area contributed by atoms with Crippen LogP contribution >= 0.6 is 0 Å². The molecule has 2 atom stereocenters. The van der Waals surface area contributed by atoms with Crippen LogP contribution in [0, 0.1) is 5.92 Å². The van der Waals surface area contributed by atoms with E-state index in [1.807, 2.05) is 0 Å². The van der Waals surface area contributed by atoms with Gasteiger partial charge in [-0.3, -0.25) is 0 Å². The molecule has 2 N–H and O–H groups in total. The predicted octanol–water partition coefficient (Wildman–Crippen LogP) is 1.49. The Morgan fingerprint density at radius 2 is 2.42 bits per heavy atom. The number of nitrogens with two attached hydrogens (primary N) is 1. The lowest BCUT2D eigenvalue weighted by molar-refractivity contribution is 0.0269. The van der Waals surface area contributed by atoms with Crippen LogP contribution in [-0.4, -0.2) is 25.4 Å². The van der Waals surface area contributed by atoms with Crippen molar-refractivity contribution in [1.29, 1.82) is 0 Å². The molecule has 1 rings (SSSR count). The molecule has 72 valence electrons. The molecule has 1 fully saturated rings. The third kappa shape index (κ3) is 3.07. The van der Waals surface area contributed by atoms with Crippen LogP contribution in [0.3, 0.4) is 0 Å². The summed E-state index contributed by atoms with van der Waals surface area (Å²) >= 11 is 0. The van der Waals surface area contributed by atoms with Gasteiger partial charge in [0, 0.05) is 19.8 Å². The first kappa shape index (κ1) is 9.93. The number of ether oxygens (including phenoxy) is 1. The molecular formula is C9H18FNO. The minimum Gasteiger partial charge on any atom is -0.381 e. The van der Waals surface area contributed by atoms with Crippen molar-refractivity contribution in [1.82, 2.24) is 0 Å². The second-order valence-electron chi connectivity index (χ2n) is 3.90. The Kier molecular flexibility index (Phi) is 3.47. The van der Waals surface area contributed by atoms with Gasteiger partial charge in [-0.25, -0.2) is 4.39 Å². The van der Waals surface area contributed by atoms with Crippen LogP contribution in [-0.2, 0) is 4.74 Å². The van der Waals surface area contributed by atoms with Crippen molar-refractivity contribution in [3.63, 3.8) is 0 Å². The van der Waals surface area contributed by atoms with Gasteiger partial charge in [-0.15, -0.1) is 0 Å². The first-order valence-electron chi connectivity index (χ1n) is 4.61. The maximum Gasteiger partial charge on any atom is 0.120 e. The van der Waals surface area contributed by atoms with Gasteiger partial charge in [0.1, 0.15) is 5.67 Å². The molecule has 1 saturated heterocycles. The number of hydrogen-bond donors (Lipinski definition) is 1. The van der Waals surface area contributed by atoms with Crippen LogP contribution in [0.5, 0.6) is 0 Å². The van der Waals surface area contributed by atoms with E-state index in [1.54, 1.807) is 6.92 Å². The second kappa shape index (κ2) is 4.19. The first-order chi connectivity index (χ1) is 5.64. The van der Waals surface area contributed by atoms with Gasteiger partial charge in [-0.05, 0) is 32.1 Å². The van der Waals surface area contributed by atoms with E-state index < -0.39 is 5.67 Å². The number of alkyl halides is 1. The maximum atomic E-state index is 13.4. The van der Waals surface area contributed by atoms with Crippen molar-refractivity contribution in [3.8, 4) is 0 Å². The summed E-state index contributed by atoms with van der Waals surface area (Å²) in [7, 11) is 0. The summed E-state index contributed by atoms with van der Waals surface area (Å²) < 4.78 is 18.7. The molecule has 0 aliphatic carbocycles. The molecule has 1 aliphatic heterocycles. The van der Waals surface area contributed by atoms with Crippen LogP contribution in [0.15, 0.2) is 0 Å². The molecule has 0 saturated carbocycles. The number of rotatable bonds is 3. The highest BCUT2D eigenvalue weighted by Crippen LogP contribution is 2.25. The molecule has 0 aromatic carbocycles. The lowest BCUT2D eigenvalue weighted by Crippen LogP contribution is -2.34. The van der Waals surface area contributed by atoms with E-state index >= 15 is 0 Å². The molecule has 2 nitrogen and oxygen atoms in total. The van der Waals surface area contributed by atoms with Crippen LogP contribution < -0.4 is 5.73 Å². The van der Waals surface area contributed by atoms with Crippen molar-refractivity contribution < 1.29 is 9.13 Å². The maximum absolute atomic E-state index is 13.4. The van der Waals surface area contributed by atoms with Crippen LogP contribution in [0.4, 0.5) is 4.39 Å². The zero-order valence-electron chi connectivity index (χ0n) is 7.68. The van der Waals surface area contributed by atoms with Crippen molar-refractivity contribution >= 4 is 0 Å². The Bertz CT molecular complexity index is 132. The highest BCUT2D eigenvalue weighted by Gasteiger charge is 2.27.